The largest absolute Gasteiger partial charge is 0.467 e. The minimum Gasteiger partial charge on any atom is -0.467 e. The van der Waals surface area contributed by atoms with E-state index < -0.39 is 30.2 Å². The topological polar surface area (TPSA) is 111 Å². The molecule has 4 atom stereocenters. The molecule has 2 aromatic rings. The van der Waals surface area contributed by atoms with Crippen molar-refractivity contribution in [1.82, 2.24) is 5.32 Å². The fourth-order valence-corrected chi connectivity index (χ4v) is 4.19. The summed E-state index contributed by atoms with van der Waals surface area (Å²) in [7, 11) is 1.19. The lowest BCUT2D eigenvalue weighted by Gasteiger charge is -2.32. The highest BCUT2D eigenvalue weighted by Crippen LogP contribution is 2.35. The Morgan fingerprint density at radius 2 is 1.67 bits per heavy atom. The van der Waals surface area contributed by atoms with Gasteiger partial charge in [0.15, 0.2) is 6.10 Å². The quantitative estimate of drug-likeness (QED) is 0.291. The van der Waals surface area contributed by atoms with Crippen molar-refractivity contribution in [2.75, 3.05) is 7.11 Å². The molecule has 2 aromatic carbocycles. The van der Waals surface area contributed by atoms with Gasteiger partial charge in [-0.1, -0.05) is 79.2 Å². The lowest BCUT2D eigenvalue weighted by Crippen LogP contribution is -2.40. The minimum absolute atomic E-state index is 0.0416. The third-order valence-corrected chi connectivity index (χ3v) is 6.10. The van der Waals surface area contributed by atoms with Crippen LogP contribution in [0, 0.1) is 0 Å². The van der Waals surface area contributed by atoms with Crippen molar-refractivity contribution >= 4 is 18.0 Å². The highest BCUT2D eigenvalue weighted by atomic mass is 16.6. The summed E-state index contributed by atoms with van der Waals surface area (Å²) >= 11 is 0. The number of methoxy groups -OCH3 is 1. The van der Waals surface area contributed by atoms with E-state index in [0.29, 0.717) is 0 Å². The van der Waals surface area contributed by atoms with Crippen molar-refractivity contribution in [2.45, 2.75) is 62.9 Å². The molecule has 2 N–H and O–H groups in total. The van der Waals surface area contributed by atoms with Gasteiger partial charge < -0.3 is 24.6 Å². The number of hydrogen-bond donors (Lipinski definition) is 2. The van der Waals surface area contributed by atoms with Crippen LogP contribution in [-0.2, 0) is 30.4 Å². The number of rotatable bonds is 10. The summed E-state index contributed by atoms with van der Waals surface area (Å²) in [5, 5.41) is 12.8. The molecule has 0 heterocycles. The number of aliphatic hydroxyl groups excluding tert-OH is 1. The molecule has 36 heavy (non-hydrogen) atoms. The van der Waals surface area contributed by atoms with Crippen LogP contribution in [0.5, 0.6) is 0 Å². The second-order valence-corrected chi connectivity index (χ2v) is 8.66. The molecule has 0 bridgehead atoms. The fraction of sp³-hybridized carbons (Fsp3) is 0.393. The number of carbonyl (C=O) groups excluding carboxylic acids is 3. The first-order valence-electron chi connectivity index (χ1n) is 12.1. The van der Waals surface area contributed by atoms with E-state index in [1.54, 1.807) is 12.1 Å². The molecule has 0 radical (unpaired) electrons. The summed E-state index contributed by atoms with van der Waals surface area (Å²) in [6.45, 7) is 0.0416. The smallest absolute Gasteiger partial charge is 0.408 e. The van der Waals surface area contributed by atoms with E-state index in [1.807, 2.05) is 48.5 Å². The van der Waals surface area contributed by atoms with E-state index in [-0.39, 0.29) is 25.0 Å². The molecule has 0 aliphatic heterocycles. The first-order valence-corrected chi connectivity index (χ1v) is 12.1. The van der Waals surface area contributed by atoms with Crippen molar-refractivity contribution in [3.63, 3.8) is 0 Å². The predicted octanol–water partition coefficient (Wildman–Crippen LogP) is 4.03. The molecule has 0 unspecified atom stereocenters. The van der Waals surface area contributed by atoms with Crippen molar-refractivity contribution in [3.8, 4) is 0 Å². The summed E-state index contributed by atoms with van der Waals surface area (Å²) in [5.74, 6) is -1.33. The normalized spacial score (nSPS) is 19.2. The van der Waals surface area contributed by atoms with Crippen molar-refractivity contribution in [3.05, 3.63) is 83.9 Å². The van der Waals surface area contributed by atoms with Gasteiger partial charge in [-0.2, -0.15) is 0 Å². The van der Waals surface area contributed by atoms with Crippen molar-refractivity contribution in [2.24, 2.45) is 0 Å². The Morgan fingerprint density at radius 1 is 1.00 bits per heavy atom. The molecular weight excluding hydrogens is 462 g/mol. The Bertz CT molecular complexity index is 1010. The third kappa shape index (κ3) is 8.23. The number of carbonyl (C=O) groups is 3. The predicted molar refractivity (Wildman–Crippen MR) is 133 cm³/mol. The van der Waals surface area contributed by atoms with Crippen LogP contribution in [0.25, 0.3) is 0 Å². The van der Waals surface area contributed by atoms with Crippen LogP contribution < -0.4 is 5.32 Å². The van der Waals surface area contributed by atoms with Crippen LogP contribution in [-0.4, -0.2) is 48.5 Å². The average Bonchev–Trinajstić information content (AvgIpc) is 2.92. The van der Waals surface area contributed by atoms with E-state index >= 15 is 0 Å². The molecule has 1 aliphatic carbocycles. The van der Waals surface area contributed by atoms with Gasteiger partial charge in [0, 0.05) is 12.3 Å². The SMILES string of the molecule is COC(=O)[C@H](/C=C/C[C@@H](O)C(=O)O[C@@H]1CCCC[C@H]1c1ccccc1)NC(=O)OCc1ccccc1. The van der Waals surface area contributed by atoms with Crippen LogP contribution in [0.2, 0.25) is 0 Å². The van der Waals surface area contributed by atoms with Gasteiger partial charge in [0.05, 0.1) is 7.11 Å². The second-order valence-electron chi connectivity index (χ2n) is 8.66. The van der Waals surface area contributed by atoms with E-state index in [1.165, 1.54) is 19.3 Å². The van der Waals surface area contributed by atoms with Gasteiger partial charge in [-0.25, -0.2) is 14.4 Å². The Hall–Kier alpha value is -3.65. The van der Waals surface area contributed by atoms with Gasteiger partial charge in [-0.15, -0.1) is 0 Å². The average molecular weight is 496 g/mol. The van der Waals surface area contributed by atoms with E-state index in [9.17, 15) is 19.5 Å². The van der Waals surface area contributed by atoms with E-state index in [2.05, 4.69) is 5.32 Å². The van der Waals surface area contributed by atoms with Crippen LogP contribution in [0.15, 0.2) is 72.8 Å². The van der Waals surface area contributed by atoms with Gasteiger partial charge in [0.1, 0.15) is 18.8 Å². The highest BCUT2D eigenvalue weighted by Gasteiger charge is 2.31. The number of hydrogen-bond acceptors (Lipinski definition) is 7. The Morgan fingerprint density at radius 3 is 2.36 bits per heavy atom. The molecule has 1 aliphatic rings. The zero-order valence-corrected chi connectivity index (χ0v) is 20.4. The molecule has 0 spiro atoms. The Labute approximate surface area is 211 Å². The first kappa shape index (κ1) is 26.9. The maximum absolute atomic E-state index is 12.6. The van der Waals surface area contributed by atoms with Gasteiger partial charge in [-0.05, 0) is 30.4 Å². The second kappa shape index (κ2) is 14.0. The molecule has 1 amide bonds. The maximum Gasteiger partial charge on any atom is 0.408 e. The molecule has 0 saturated heterocycles. The summed E-state index contributed by atoms with van der Waals surface area (Å²) in [6.07, 6.45) is 3.88. The summed E-state index contributed by atoms with van der Waals surface area (Å²) < 4.78 is 15.5. The van der Waals surface area contributed by atoms with Crippen LogP contribution in [0.4, 0.5) is 4.79 Å². The number of amides is 1. The standard InChI is InChI=1S/C28H33NO7/c1-34-26(31)23(29-28(33)35-19-20-11-4-2-5-12-20)16-10-17-24(30)27(32)36-25-18-9-8-15-22(25)21-13-6-3-7-14-21/h2-7,10-14,16,22-25,30H,8-9,15,17-19H2,1H3,(H,29,33)/b16-10+/t22-,23-,24+,25+/m0/s1. The lowest BCUT2D eigenvalue weighted by atomic mass is 9.81. The highest BCUT2D eigenvalue weighted by molar-refractivity contribution is 5.83. The minimum atomic E-state index is -1.40. The van der Waals surface area contributed by atoms with E-state index in [0.717, 1.165) is 36.8 Å². The molecule has 1 saturated carbocycles. The van der Waals surface area contributed by atoms with Gasteiger partial charge in [-0.3, -0.25) is 0 Å². The first-order chi connectivity index (χ1) is 17.5. The third-order valence-electron chi connectivity index (χ3n) is 6.10. The van der Waals surface area contributed by atoms with Crippen LogP contribution in [0.1, 0.15) is 49.1 Å². The van der Waals surface area contributed by atoms with Crippen molar-refractivity contribution < 1.29 is 33.7 Å². The zero-order valence-electron chi connectivity index (χ0n) is 20.4. The van der Waals surface area contributed by atoms with E-state index in [4.69, 9.17) is 14.2 Å². The number of alkyl carbamates (subject to hydrolysis) is 1. The van der Waals surface area contributed by atoms with Gasteiger partial charge in [0.2, 0.25) is 0 Å². The molecule has 1 fully saturated rings. The molecule has 3 rings (SSSR count). The van der Waals surface area contributed by atoms with Crippen LogP contribution >= 0.6 is 0 Å². The molecule has 192 valence electrons. The zero-order chi connectivity index (χ0) is 25.8. The Balaban J connectivity index is 1.51. The Kier molecular flexibility index (Phi) is 10.5. The monoisotopic (exact) mass is 495 g/mol. The van der Waals surface area contributed by atoms with Gasteiger partial charge >= 0.3 is 18.0 Å². The van der Waals surface area contributed by atoms with Crippen molar-refractivity contribution in [1.29, 1.82) is 0 Å². The summed E-state index contributed by atoms with van der Waals surface area (Å²) in [4.78, 5) is 36.8. The summed E-state index contributed by atoms with van der Waals surface area (Å²) in [5.41, 5.74) is 1.92. The number of nitrogens with one attached hydrogen (secondary N) is 1. The lowest BCUT2D eigenvalue weighted by molar-refractivity contribution is -0.161. The number of benzene rings is 2. The molecular formula is C28H33NO7. The number of esters is 2. The molecule has 8 nitrogen and oxygen atoms in total. The summed E-state index contributed by atoms with van der Waals surface area (Å²) in [6, 6.07) is 17.9. The van der Waals surface area contributed by atoms with Gasteiger partial charge in [0.25, 0.3) is 0 Å². The fourth-order valence-electron chi connectivity index (χ4n) is 4.19. The maximum atomic E-state index is 12.6. The molecule has 0 aromatic heterocycles. The number of aliphatic hydroxyl groups is 1. The molecule has 8 heteroatoms. The number of ether oxygens (including phenoxy) is 3. The van der Waals surface area contributed by atoms with Crippen LogP contribution in [0.3, 0.4) is 0 Å².